The molecule has 0 spiro atoms. The van der Waals surface area contributed by atoms with E-state index < -0.39 is 0 Å². The minimum atomic E-state index is 0.0738. The van der Waals surface area contributed by atoms with Crippen LogP contribution in [0.4, 0.5) is 0 Å². The second-order valence-electron chi connectivity index (χ2n) is 4.87. The molecule has 3 heteroatoms. The molecule has 1 atom stereocenters. The topological polar surface area (TPSA) is 27.7 Å². The molecule has 3 rings (SSSR count). The Balaban J connectivity index is 1.88. The van der Waals surface area contributed by atoms with E-state index in [4.69, 9.17) is 14.2 Å². The number of hydrogen-bond acceptors (Lipinski definition) is 3. The van der Waals surface area contributed by atoms with Gasteiger partial charge >= 0.3 is 0 Å². The summed E-state index contributed by atoms with van der Waals surface area (Å²) in [6.07, 6.45) is 2.09. The maximum atomic E-state index is 6.09. The first-order valence-corrected chi connectivity index (χ1v) is 6.78. The molecule has 2 aromatic rings. The predicted molar refractivity (Wildman–Crippen MR) is 77.7 cm³/mol. The standard InChI is InChI=1S/C17H18O3/c1-18-16-10-8-13(11-17(16)19-2)15-9-7-12-5-3-4-6-14(12)20-15/h3-6,8,10-11,15H,7,9H2,1-2H3. The van der Waals surface area contributed by atoms with Gasteiger partial charge in [-0.15, -0.1) is 0 Å². The number of ether oxygens (including phenoxy) is 3. The zero-order valence-electron chi connectivity index (χ0n) is 11.8. The number of hydrogen-bond donors (Lipinski definition) is 0. The van der Waals surface area contributed by atoms with Gasteiger partial charge in [0.05, 0.1) is 14.2 Å². The fourth-order valence-corrected chi connectivity index (χ4v) is 2.61. The molecule has 1 aliphatic rings. The number of methoxy groups -OCH3 is 2. The second-order valence-corrected chi connectivity index (χ2v) is 4.87. The zero-order chi connectivity index (χ0) is 13.9. The first-order chi connectivity index (χ1) is 9.81. The lowest BCUT2D eigenvalue weighted by molar-refractivity contribution is 0.176. The smallest absolute Gasteiger partial charge is 0.161 e. The SMILES string of the molecule is COc1ccc(C2CCc3ccccc3O2)cc1OC. The molecule has 1 unspecified atom stereocenters. The van der Waals surface area contributed by atoms with Crippen molar-refractivity contribution in [3.63, 3.8) is 0 Å². The van der Waals surface area contributed by atoms with Crippen LogP contribution in [-0.2, 0) is 6.42 Å². The monoisotopic (exact) mass is 270 g/mol. The first kappa shape index (κ1) is 12.9. The molecule has 0 N–H and O–H groups in total. The summed E-state index contributed by atoms with van der Waals surface area (Å²) in [6.45, 7) is 0. The van der Waals surface area contributed by atoms with Crippen molar-refractivity contribution in [2.45, 2.75) is 18.9 Å². The molecule has 2 aromatic carbocycles. The van der Waals surface area contributed by atoms with E-state index in [0.29, 0.717) is 0 Å². The summed E-state index contributed by atoms with van der Waals surface area (Å²) >= 11 is 0. The molecule has 0 radical (unpaired) electrons. The van der Waals surface area contributed by atoms with E-state index in [2.05, 4.69) is 12.1 Å². The highest BCUT2D eigenvalue weighted by Crippen LogP contribution is 2.37. The molecule has 0 bridgehead atoms. The van der Waals surface area contributed by atoms with Crippen molar-refractivity contribution in [3.05, 3.63) is 53.6 Å². The van der Waals surface area contributed by atoms with Gasteiger partial charge < -0.3 is 14.2 Å². The molecule has 20 heavy (non-hydrogen) atoms. The van der Waals surface area contributed by atoms with Crippen LogP contribution in [0.2, 0.25) is 0 Å². The van der Waals surface area contributed by atoms with Crippen LogP contribution in [0.25, 0.3) is 0 Å². The van der Waals surface area contributed by atoms with Gasteiger partial charge in [0.2, 0.25) is 0 Å². The average Bonchev–Trinajstić information content (AvgIpc) is 2.53. The molecule has 0 fully saturated rings. The van der Waals surface area contributed by atoms with E-state index in [1.165, 1.54) is 5.56 Å². The van der Waals surface area contributed by atoms with Crippen molar-refractivity contribution < 1.29 is 14.2 Å². The maximum Gasteiger partial charge on any atom is 0.161 e. The van der Waals surface area contributed by atoms with Gasteiger partial charge in [0.15, 0.2) is 11.5 Å². The average molecular weight is 270 g/mol. The van der Waals surface area contributed by atoms with Gasteiger partial charge in [0.1, 0.15) is 11.9 Å². The summed E-state index contributed by atoms with van der Waals surface area (Å²) in [7, 11) is 3.30. The van der Waals surface area contributed by atoms with Gasteiger partial charge in [-0.2, -0.15) is 0 Å². The van der Waals surface area contributed by atoms with E-state index >= 15 is 0 Å². The second kappa shape index (κ2) is 5.45. The Morgan fingerprint density at radius 3 is 2.60 bits per heavy atom. The number of fused-ring (bicyclic) bond motifs is 1. The lowest BCUT2D eigenvalue weighted by Crippen LogP contribution is -2.15. The molecule has 3 nitrogen and oxygen atoms in total. The molecular weight excluding hydrogens is 252 g/mol. The Bertz CT molecular complexity index is 607. The maximum absolute atomic E-state index is 6.09. The van der Waals surface area contributed by atoms with Crippen molar-refractivity contribution in [1.29, 1.82) is 0 Å². The van der Waals surface area contributed by atoms with E-state index in [0.717, 1.165) is 35.7 Å². The van der Waals surface area contributed by atoms with Crippen LogP contribution in [-0.4, -0.2) is 14.2 Å². The molecule has 1 heterocycles. The third kappa shape index (κ3) is 2.31. The Hall–Kier alpha value is -2.16. The zero-order valence-corrected chi connectivity index (χ0v) is 11.8. The number of rotatable bonds is 3. The van der Waals surface area contributed by atoms with Gasteiger partial charge in [-0.1, -0.05) is 24.3 Å². The van der Waals surface area contributed by atoms with Gasteiger partial charge in [0, 0.05) is 0 Å². The van der Waals surface area contributed by atoms with Crippen molar-refractivity contribution in [2.75, 3.05) is 14.2 Å². The molecule has 1 aliphatic heterocycles. The van der Waals surface area contributed by atoms with E-state index in [1.54, 1.807) is 14.2 Å². The number of para-hydroxylation sites is 1. The van der Waals surface area contributed by atoms with Crippen molar-refractivity contribution in [2.24, 2.45) is 0 Å². The Morgan fingerprint density at radius 1 is 1.00 bits per heavy atom. The van der Waals surface area contributed by atoms with Crippen molar-refractivity contribution >= 4 is 0 Å². The van der Waals surface area contributed by atoms with Gasteiger partial charge in [-0.3, -0.25) is 0 Å². The molecule has 0 saturated heterocycles. The highest BCUT2D eigenvalue weighted by atomic mass is 16.5. The molecule has 104 valence electrons. The highest BCUT2D eigenvalue weighted by Gasteiger charge is 2.22. The minimum Gasteiger partial charge on any atom is -0.493 e. The predicted octanol–water partition coefficient (Wildman–Crippen LogP) is 3.77. The fraction of sp³-hybridized carbons (Fsp3) is 0.294. The van der Waals surface area contributed by atoms with Crippen LogP contribution in [0.3, 0.4) is 0 Å². The van der Waals surface area contributed by atoms with Crippen LogP contribution < -0.4 is 14.2 Å². The molecule has 0 aliphatic carbocycles. The summed E-state index contributed by atoms with van der Waals surface area (Å²) < 4.78 is 16.7. The quantitative estimate of drug-likeness (QED) is 0.849. The summed E-state index contributed by atoms with van der Waals surface area (Å²) in [4.78, 5) is 0. The Kier molecular flexibility index (Phi) is 3.50. The van der Waals surface area contributed by atoms with Gasteiger partial charge in [-0.05, 0) is 42.2 Å². The third-order valence-corrected chi connectivity index (χ3v) is 3.70. The summed E-state index contributed by atoms with van der Waals surface area (Å²) in [5.41, 5.74) is 2.40. The lowest BCUT2D eigenvalue weighted by Gasteiger charge is -2.26. The molecular formula is C17H18O3. The van der Waals surface area contributed by atoms with E-state index in [9.17, 15) is 0 Å². The Labute approximate surface area is 119 Å². The highest BCUT2D eigenvalue weighted by molar-refractivity contribution is 5.44. The van der Waals surface area contributed by atoms with Crippen LogP contribution in [0.1, 0.15) is 23.7 Å². The van der Waals surface area contributed by atoms with E-state index in [1.807, 2.05) is 30.3 Å². The number of benzene rings is 2. The van der Waals surface area contributed by atoms with Crippen LogP contribution in [0.15, 0.2) is 42.5 Å². The summed E-state index contributed by atoms with van der Waals surface area (Å²) in [5.74, 6) is 2.47. The summed E-state index contributed by atoms with van der Waals surface area (Å²) in [6, 6.07) is 14.2. The summed E-state index contributed by atoms with van der Waals surface area (Å²) in [5, 5.41) is 0. The largest absolute Gasteiger partial charge is 0.493 e. The first-order valence-electron chi connectivity index (χ1n) is 6.78. The van der Waals surface area contributed by atoms with Gasteiger partial charge in [0.25, 0.3) is 0 Å². The van der Waals surface area contributed by atoms with E-state index in [-0.39, 0.29) is 6.10 Å². The fourth-order valence-electron chi connectivity index (χ4n) is 2.61. The minimum absolute atomic E-state index is 0.0738. The normalized spacial score (nSPS) is 17.0. The van der Waals surface area contributed by atoms with Gasteiger partial charge in [-0.25, -0.2) is 0 Å². The molecule has 0 aromatic heterocycles. The van der Waals surface area contributed by atoms with Crippen LogP contribution >= 0.6 is 0 Å². The van der Waals surface area contributed by atoms with Crippen LogP contribution in [0.5, 0.6) is 17.2 Å². The lowest BCUT2D eigenvalue weighted by atomic mass is 9.97. The third-order valence-electron chi connectivity index (χ3n) is 3.70. The molecule has 0 saturated carbocycles. The number of aryl methyl sites for hydroxylation is 1. The van der Waals surface area contributed by atoms with Crippen molar-refractivity contribution in [1.82, 2.24) is 0 Å². The molecule has 0 amide bonds. The van der Waals surface area contributed by atoms with Crippen LogP contribution in [0, 0.1) is 0 Å². The Morgan fingerprint density at radius 2 is 1.80 bits per heavy atom. The van der Waals surface area contributed by atoms with Crippen molar-refractivity contribution in [3.8, 4) is 17.2 Å².